The normalized spacial score (nSPS) is 24.0. The molecule has 1 heterocycles. The molecule has 2 nitrogen and oxygen atoms in total. The average molecular weight is 304 g/mol. The predicted octanol–water partition coefficient (Wildman–Crippen LogP) is 3.57. The number of nitrogens with two attached hydrogens (primary N) is 1. The van der Waals surface area contributed by atoms with Crippen molar-refractivity contribution in [1.82, 2.24) is 4.90 Å². The summed E-state index contributed by atoms with van der Waals surface area (Å²) in [5.41, 5.74) is 4.97. The van der Waals surface area contributed by atoms with Crippen LogP contribution in [0.3, 0.4) is 0 Å². The van der Waals surface area contributed by atoms with Gasteiger partial charge in [-0.2, -0.15) is 13.2 Å². The van der Waals surface area contributed by atoms with Gasteiger partial charge in [-0.15, -0.1) is 0 Å². The summed E-state index contributed by atoms with van der Waals surface area (Å²) < 4.78 is 52.9. The predicted molar refractivity (Wildman–Crippen MR) is 73.1 cm³/mol. The molecule has 118 valence electrons. The van der Waals surface area contributed by atoms with E-state index >= 15 is 0 Å². The van der Waals surface area contributed by atoms with E-state index in [1.807, 2.05) is 18.7 Å². The van der Waals surface area contributed by atoms with Gasteiger partial charge in [0.15, 0.2) is 0 Å². The lowest BCUT2D eigenvalue weighted by atomic mass is 9.89. The van der Waals surface area contributed by atoms with Crippen LogP contribution >= 0.6 is 0 Å². The molecule has 0 saturated carbocycles. The third-order valence-electron chi connectivity index (χ3n) is 4.17. The molecular weight excluding hydrogens is 284 g/mol. The van der Waals surface area contributed by atoms with Crippen LogP contribution < -0.4 is 5.73 Å². The van der Waals surface area contributed by atoms with Gasteiger partial charge in [0.05, 0.1) is 5.56 Å². The van der Waals surface area contributed by atoms with Crippen LogP contribution in [-0.2, 0) is 6.18 Å². The van der Waals surface area contributed by atoms with Crippen molar-refractivity contribution in [3.63, 3.8) is 0 Å². The highest BCUT2D eigenvalue weighted by molar-refractivity contribution is 5.34. The molecule has 0 aromatic heterocycles. The van der Waals surface area contributed by atoms with E-state index in [1.54, 1.807) is 0 Å². The minimum absolute atomic E-state index is 0.0426. The largest absolute Gasteiger partial charge is 0.416 e. The first-order valence-electron chi connectivity index (χ1n) is 7.08. The first-order valence-corrected chi connectivity index (χ1v) is 7.08. The Labute approximate surface area is 121 Å². The number of nitrogens with zero attached hydrogens (tertiary/aromatic N) is 1. The fourth-order valence-corrected chi connectivity index (χ4v) is 3.17. The molecule has 1 saturated heterocycles. The molecule has 2 atom stereocenters. The van der Waals surface area contributed by atoms with Crippen LogP contribution in [0.4, 0.5) is 17.6 Å². The molecule has 0 bridgehead atoms. The average Bonchev–Trinajstić information content (AvgIpc) is 2.81. The van der Waals surface area contributed by atoms with Gasteiger partial charge in [0, 0.05) is 12.1 Å². The monoisotopic (exact) mass is 304 g/mol. The third-order valence-corrected chi connectivity index (χ3v) is 4.17. The Morgan fingerprint density at radius 2 is 2.00 bits per heavy atom. The number of halogens is 4. The molecule has 2 unspecified atom stereocenters. The molecule has 1 aliphatic rings. The Morgan fingerprint density at radius 1 is 1.33 bits per heavy atom. The van der Waals surface area contributed by atoms with Crippen LogP contribution in [0.5, 0.6) is 0 Å². The maximum atomic E-state index is 13.3. The van der Waals surface area contributed by atoms with E-state index in [4.69, 9.17) is 5.73 Å². The van der Waals surface area contributed by atoms with E-state index in [-0.39, 0.29) is 17.5 Å². The quantitative estimate of drug-likeness (QED) is 0.865. The van der Waals surface area contributed by atoms with Crippen molar-refractivity contribution in [2.24, 2.45) is 11.7 Å². The molecule has 2 N–H and O–H groups in total. The van der Waals surface area contributed by atoms with Crippen LogP contribution in [0, 0.1) is 11.7 Å². The number of hydrogen-bond donors (Lipinski definition) is 1. The van der Waals surface area contributed by atoms with E-state index in [0.717, 1.165) is 12.5 Å². The molecule has 2 rings (SSSR count). The highest BCUT2D eigenvalue weighted by Crippen LogP contribution is 2.43. The van der Waals surface area contributed by atoms with Gasteiger partial charge >= 0.3 is 6.18 Å². The number of rotatable bonds is 3. The van der Waals surface area contributed by atoms with Crippen molar-refractivity contribution in [2.45, 2.75) is 38.5 Å². The Balaban J connectivity index is 2.52. The summed E-state index contributed by atoms with van der Waals surface area (Å²) in [6.45, 7) is 4.92. The SMILES string of the molecule is CC(C)N1CCC(CN)C1c1ccc(F)cc1C(F)(F)F. The number of hydrogen-bond acceptors (Lipinski definition) is 2. The van der Waals surface area contributed by atoms with Crippen LogP contribution in [0.15, 0.2) is 18.2 Å². The molecule has 1 fully saturated rings. The van der Waals surface area contributed by atoms with Crippen molar-refractivity contribution < 1.29 is 17.6 Å². The van der Waals surface area contributed by atoms with Crippen LogP contribution in [-0.4, -0.2) is 24.0 Å². The first kappa shape index (κ1) is 16.2. The number of likely N-dealkylation sites (tertiary alicyclic amines) is 1. The molecule has 0 spiro atoms. The minimum atomic E-state index is -4.57. The molecule has 1 aliphatic heterocycles. The summed E-state index contributed by atoms with van der Waals surface area (Å²) in [5, 5.41) is 0. The van der Waals surface area contributed by atoms with E-state index < -0.39 is 23.6 Å². The second-order valence-electron chi connectivity index (χ2n) is 5.79. The maximum absolute atomic E-state index is 13.3. The minimum Gasteiger partial charge on any atom is -0.330 e. The molecule has 0 amide bonds. The maximum Gasteiger partial charge on any atom is 0.416 e. The molecular formula is C15H20F4N2. The first-order chi connectivity index (χ1) is 9.75. The molecule has 0 aliphatic carbocycles. The van der Waals surface area contributed by atoms with Crippen LogP contribution in [0.1, 0.15) is 37.4 Å². The van der Waals surface area contributed by atoms with Gasteiger partial charge in [-0.3, -0.25) is 4.90 Å². The lowest BCUT2D eigenvalue weighted by Crippen LogP contribution is -2.34. The highest BCUT2D eigenvalue weighted by atomic mass is 19.4. The topological polar surface area (TPSA) is 29.3 Å². The molecule has 1 aromatic rings. The number of alkyl halides is 3. The summed E-state index contributed by atoms with van der Waals surface area (Å²) in [7, 11) is 0. The van der Waals surface area contributed by atoms with Gasteiger partial charge < -0.3 is 5.73 Å². The zero-order valence-electron chi connectivity index (χ0n) is 12.1. The van der Waals surface area contributed by atoms with E-state index in [2.05, 4.69) is 0 Å². The van der Waals surface area contributed by atoms with Crippen LogP contribution in [0.25, 0.3) is 0 Å². The lowest BCUT2D eigenvalue weighted by molar-refractivity contribution is -0.139. The van der Waals surface area contributed by atoms with E-state index in [9.17, 15) is 17.6 Å². The molecule has 1 aromatic carbocycles. The van der Waals surface area contributed by atoms with Gasteiger partial charge in [0.2, 0.25) is 0 Å². The van der Waals surface area contributed by atoms with Gasteiger partial charge in [-0.1, -0.05) is 6.07 Å². The summed E-state index contributed by atoms with van der Waals surface area (Å²) in [4.78, 5) is 2.01. The Hall–Kier alpha value is -1.14. The lowest BCUT2D eigenvalue weighted by Gasteiger charge is -2.33. The number of benzene rings is 1. The van der Waals surface area contributed by atoms with Crippen molar-refractivity contribution in [2.75, 3.05) is 13.1 Å². The highest BCUT2D eigenvalue weighted by Gasteiger charge is 2.42. The third kappa shape index (κ3) is 3.21. The van der Waals surface area contributed by atoms with E-state index in [0.29, 0.717) is 19.2 Å². The summed E-state index contributed by atoms with van der Waals surface area (Å²) in [5.74, 6) is -0.913. The van der Waals surface area contributed by atoms with Crippen molar-refractivity contribution in [3.05, 3.63) is 35.1 Å². The summed E-state index contributed by atoms with van der Waals surface area (Å²) in [6.07, 6.45) is -3.81. The zero-order chi connectivity index (χ0) is 15.8. The van der Waals surface area contributed by atoms with Gasteiger partial charge in [-0.25, -0.2) is 4.39 Å². The second-order valence-corrected chi connectivity index (χ2v) is 5.79. The van der Waals surface area contributed by atoms with Crippen molar-refractivity contribution >= 4 is 0 Å². The fourth-order valence-electron chi connectivity index (χ4n) is 3.17. The molecule has 21 heavy (non-hydrogen) atoms. The molecule has 0 radical (unpaired) electrons. The van der Waals surface area contributed by atoms with Crippen molar-refractivity contribution in [3.8, 4) is 0 Å². The Morgan fingerprint density at radius 3 is 2.52 bits per heavy atom. The van der Waals surface area contributed by atoms with Crippen molar-refractivity contribution in [1.29, 1.82) is 0 Å². The van der Waals surface area contributed by atoms with E-state index in [1.165, 1.54) is 6.07 Å². The fraction of sp³-hybridized carbons (Fsp3) is 0.600. The Kier molecular flexibility index (Phi) is 4.58. The summed E-state index contributed by atoms with van der Waals surface area (Å²) in [6, 6.07) is 2.63. The smallest absolute Gasteiger partial charge is 0.330 e. The van der Waals surface area contributed by atoms with Gasteiger partial charge in [0.25, 0.3) is 0 Å². The molecule has 6 heteroatoms. The summed E-state index contributed by atoms with van der Waals surface area (Å²) >= 11 is 0. The van der Waals surface area contributed by atoms with Gasteiger partial charge in [-0.05, 0) is 57.0 Å². The second kappa shape index (κ2) is 5.93. The Bertz CT molecular complexity index is 499. The van der Waals surface area contributed by atoms with Gasteiger partial charge in [0.1, 0.15) is 5.82 Å². The van der Waals surface area contributed by atoms with Crippen LogP contribution in [0.2, 0.25) is 0 Å². The standard InChI is InChI=1S/C15H20F4N2/c1-9(2)21-6-5-10(8-20)14(21)12-4-3-11(16)7-13(12)15(17,18)19/h3-4,7,9-10,14H,5-6,8,20H2,1-2H3. The zero-order valence-corrected chi connectivity index (χ0v) is 12.1.